The van der Waals surface area contributed by atoms with Gasteiger partial charge < -0.3 is 5.32 Å². The number of primary sulfonamides is 1. The summed E-state index contributed by atoms with van der Waals surface area (Å²) in [6.07, 6.45) is 0. The van der Waals surface area contributed by atoms with Crippen molar-refractivity contribution < 1.29 is 22.0 Å². The first-order valence-electron chi connectivity index (χ1n) is 4.57. The number of nitrogens with two attached hydrogens (primary N) is 1. The molecule has 94 valence electrons. The van der Waals surface area contributed by atoms with Gasteiger partial charge in [0.1, 0.15) is 0 Å². The van der Waals surface area contributed by atoms with Crippen LogP contribution in [-0.2, 0) is 10.0 Å². The smallest absolute Gasteiger partial charge is 0.254 e. The monoisotopic (exact) mass is 264 g/mol. The Morgan fingerprint density at radius 1 is 1.41 bits per heavy atom. The highest BCUT2D eigenvalue weighted by Gasteiger charge is 2.20. The van der Waals surface area contributed by atoms with Gasteiger partial charge in [0.05, 0.1) is 10.5 Å². The van der Waals surface area contributed by atoms with Gasteiger partial charge in [-0.05, 0) is 19.1 Å². The van der Waals surface area contributed by atoms with E-state index in [-0.39, 0.29) is 6.54 Å². The zero-order valence-electron chi connectivity index (χ0n) is 8.83. The Kier molecular flexibility index (Phi) is 3.79. The fraction of sp³-hybridized carbons (Fsp3) is 0.222. The van der Waals surface area contributed by atoms with Crippen LogP contribution in [0, 0.1) is 11.6 Å². The maximum Gasteiger partial charge on any atom is 0.254 e. The number of halogens is 2. The summed E-state index contributed by atoms with van der Waals surface area (Å²) in [4.78, 5) is 10.7. The van der Waals surface area contributed by atoms with Crippen molar-refractivity contribution in [1.82, 2.24) is 5.32 Å². The molecule has 1 aromatic carbocycles. The Labute approximate surface area is 96.7 Å². The van der Waals surface area contributed by atoms with Crippen molar-refractivity contribution in [3.8, 4) is 0 Å². The molecule has 0 fully saturated rings. The van der Waals surface area contributed by atoms with Gasteiger partial charge in [0, 0.05) is 6.54 Å². The second-order valence-electron chi connectivity index (χ2n) is 3.17. The molecule has 0 unspecified atom stereocenters. The molecule has 0 aromatic heterocycles. The van der Waals surface area contributed by atoms with Gasteiger partial charge in [-0.15, -0.1) is 0 Å². The topological polar surface area (TPSA) is 89.3 Å². The van der Waals surface area contributed by atoms with Crippen molar-refractivity contribution in [2.45, 2.75) is 11.8 Å². The molecule has 0 aliphatic rings. The van der Waals surface area contributed by atoms with Crippen molar-refractivity contribution in [1.29, 1.82) is 0 Å². The lowest BCUT2D eigenvalue weighted by molar-refractivity contribution is 0.0950. The molecule has 3 N–H and O–H groups in total. The first kappa shape index (κ1) is 13.5. The number of sulfonamides is 1. The number of hydrogen-bond acceptors (Lipinski definition) is 3. The molecule has 0 atom stereocenters. The molecule has 0 saturated carbocycles. The Morgan fingerprint density at radius 3 is 2.47 bits per heavy atom. The number of amides is 1. The molecule has 0 radical (unpaired) electrons. The van der Waals surface area contributed by atoms with E-state index in [1.807, 2.05) is 0 Å². The predicted octanol–water partition coefficient (Wildman–Crippen LogP) is 0.362. The predicted molar refractivity (Wildman–Crippen MR) is 55.7 cm³/mol. The number of rotatable bonds is 3. The lowest BCUT2D eigenvalue weighted by Gasteiger charge is -2.06. The highest BCUT2D eigenvalue weighted by molar-refractivity contribution is 7.89. The number of nitrogens with one attached hydrogen (secondary N) is 1. The third kappa shape index (κ3) is 2.98. The zero-order chi connectivity index (χ0) is 13.2. The summed E-state index contributed by atoms with van der Waals surface area (Å²) in [6, 6.07) is 1.12. The first-order chi connectivity index (χ1) is 7.77. The highest BCUT2D eigenvalue weighted by Crippen LogP contribution is 2.17. The average Bonchev–Trinajstić information content (AvgIpc) is 2.20. The van der Waals surface area contributed by atoms with Crippen LogP contribution in [-0.4, -0.2) is 20.9 Å². The third-order valence-corrected chi connectivity index (χ3v) is 2.80. The molecular weight excluding hydrogens is 254 g/mol. The second kappa shape index (κ2) is 4.76. The molecule has 1 rings (SSSR count). The maximum absolute atomic E-state index is 13.3. The van der Waals surface area contributed by atoms with Crippen molar-refractivity contribution in [3.05, 3.63) is 29.3 Å². The normalized spacial score (nSPS) is 11.3. The van der Waals surface area contributed by atoms with Crippen LogP contribution in [0.15, 0.2) is 17.0 Å². The molecular formula is C9H10F2N2O3S. The van der Waals surface area contributed by atoms with Crippen LogP contribution in [0.3, 0.4) is 0 Å². The number of benzene rings is 1. The molecule has 5 nitrogen and oxygen atoms in total. The van der Waals surface area contributed by atoms with Gasteiger partial charge in [-0.3, -0.25) is 4.79 Å². The summed E-state index contributed by atoms with van der Waals surface area (Å²) in [5.41, 5.74) is -0.698. The van der Waals surface area contributed by atoms with E-state index >= 15 is 0 Å². The number of carbonyl (C=O) groups excluding carboxylic acids is 1. The van der Waals surface area contributed by atoms with Crippen molar-refractivity contribution in [2.24, 2.45) is 5.14 Å². The van der Waals surface area contributed by atoms with Crippen molar-refractivity contribution >= 4 is 15.9 Å². The maximum atomic E-state index is 13.3. The Morgan fingerprint density at radius 2 is 2.00 bits per heavy atom. The quantitative estimate of drug-likeness (QED) is 0.826. The van der Waals surface area contributed by atoms with Crippen LogP contribution < -0.4 is 10.5 Å². The van der Waals surface area contributed by atoms with Gasteiger partial charge in [0.25, 0.3) is 5.91 Å². The lowest BCUT2D eigenvalue weighted by Crippen LogP contribution is -2.25. The summed E-state index contributed by atoms with van der Waals surface area (Å²) >= 11 is 0. The minimum absolute atomic E-state index is 0.194. The van der Waals surface area contributed by atoms with Crippen LogP contribution in [0.1, 0.15) is 17.3 Å². The van der Waals surface area contributed by atoms with Gasteiger partial charge in [-0.25, -0.2) is 22.3 Å². The zero-order valence-corrected chi connectivity index (χ0v) is 9.64. The van der Waals surface area contributed by atoms with Crippen LogP contribution in [0.5, 0.6) is 0 Å². The summed E-state index contributed by atoms with van der Waals surface area (Å²) in [5, 5.41) is 7.00. The van der Waals surface area contributed by atoms with Gasteiger partial charge in [-0.2, -0.15) is 0 Å². The van der Waals surface area contributed by atoms with Gasteiger partial charge >= 0.3 is 0 Å². The highest BCUT2D eigenvalue weighted by atomic mass is 32.2. The molecule has 1 amide bonds. The summed E-state index contributed by atoms with van der Waals surface area (Å²) in [5.74, 6) is -3.77. The van der Waals surface area contributed by atoms with Crippen molar-refractivity contribution in [3.63, 3.8) is 0 Å². The average molecular weight is 264 g/mol. The van der Waals surface area contributed by atoms with E-state index in [9.17, 15) is 22.0 Å². The molecule has 0 heterocycles. The third-order valence-electron chi connectivity index (χ3n) is 1.91. The molecule has 0 spiro atoms. The van der Waals surface area contributed by atoms with Gasteiger partial charge in [0.2, 0.25) is 10.0 Å². The van der Waals surface area contributed by atoms with Gasteiger partial charge in [0.15, 0.2) is 11.6 Å². The number of hydrogen-bond donors (Lipinski definition) is 2. The second-order valence-corrected chi connectivity index (χ2v) is 4.73. The standard InChI is InChI=1S/C9H10F2N2O3S/c1-2-13-9(14)6-3-5(17(12,15)16)4-7(10)8(6)11/h3-4H,2H2,1H3,(H,13,14)(H2,12,15,16). The minimum atomic E-state index is -4.20. The fourth-order valence-electron chi connectivity index (χ4n) is 1.15. The molecule has 0 aliphatic heterocycles. The van der Waals surface area contributed by atoms with Crippen LogP contribution in [0.4, 0.5) is 8.78 Å². The number of carbonyl (C=O) groups is 1. The minimum Gasteiger partial charge on any atom is -0.352 e. The van der Waals surface area contributed by atoms with E-state index in [2.05, 4.69) is 5.32 Å². The summed E-state index contributed by atoms with van der Waals surface area (Å²) in [6.45, 7) is 1.77. The van der Waals surface area contributed by atoms with Crippen LogP contribution >= 0.6 is 0 Å². The lowest BCUT2D eigenvalue weighted by atomic mass is 10.2. The van der Waals surface area contributed by atoms with E-state index in [0.29, 0.717) is 12.1 Å². The molecule has 0 saturated heterocycles. The molecule has 1 aromatic rings. The van der Waals surface area contributed by atoms with Crippen LogP contribution in [0.25, 0.3) is 0 Å². The SMILES string of the molecule is CCNC(=O)c1cc(S(N)(=O)=O)cc(F)c1F. The Bertz CT molecular complexity index is 558. The molecule has 0 bridgehead atoms. The Hall–Kier alpha value is -1.54. The molecule has 17 heavy (non-hydrogen) atoms. The van der Waals surface area contributed by atoms with Crippen LogP contribution in [0.2, 0.25) is 0 Å². The first-order valence-corrected chi connectivity index (χ1v) is 6.12. The van der Waals surface area contributed by atoms with Crippen molar-refractivity contribution in [2.75, 3.05) is 6.54 Å². The summed E-state index contributed by atoms with van der Waals surface area (Å²) < 4.78 is 48.3. The van der Waals surface area contributed by atoms with E-state index in [1.54, 1.807) is 6.92 Å². The largest absolute Gasteiger partial charge is 0.352 e. The van der Waals surface area contributed by atoms with Gasteiger partial charge in [-0.1, -0.05) is 0 Å². The Balaban J connectivity index is 3.40. The van der Waals surface area contributed by atoms with E-state index in [4.69, 9.17) is 5.14 Å². The molecule has 8 heteroatoms. The van der Waals surface area contributed by atoms with E-state index in [0.717, 1.165) is 0 Å². The van der Waals surface area contributed by atoms with E-state index in [1.165, 1.54) is 0 Å². The fourth-order valence-corrected chi connectivity index (χ4v) is 1.70. The molecule has 0 aliphatic carbocycles. The summed E-state index contributed by atoms with van der Waals surface area (Å²) in [7, 11) is -4.20. The van der Waals surface area contributed by atoms with E-state index < -0.39 is 38.0 Å².